The van der Waals surface area contributed by atoms with Crippen LogP contribution >= 0.6 is 27.7 Å². The van der Waals surface area contributed by atoms with Gasteiger partial charge in [-0.1, -0.05) is 18.7 Å². The highest BCUT2D eigenvalue weighted by molar-refractivity contribution is 9.10. The van der Waals surface area contributed by atoms with E-state index in [4.69, 9.17) is 0 Å². The summed E-state index contributed by atoms with van der Waals surface area (Å²) in [7, 11) is 0. The maximum absolute atomic E-state index is 11.2. The van der Waals surface area contributed by atoms with Crippen molar-refractivity contribution in [3.63, 3.8) is 0 Å². The standard InChI is InChI=1S/C8H11BrN2O2S/c1-4(12)5(2)14-8-6(9)7(13)10-3-11-8/h3-5,12H,1-2H3,(H,10,11,13). The predicted octanol–water partition coefficient (Wildman–Crippen LogP) is 1.39. The molecule has 0 saturated heterocycles. The molecule has 1 rings (SSSR count). The average molecular weight is 279 g/mol. The van der Waals surface area contributed by atoms with Gasteiger partial charge in [0, 0.05) is 5.25 Å². The summed E-state index contributed by atoms with van der Waals surface area (Å²) in [5.74, 6) is 0. The van der Waals surface area contributed by atoms with Crippen LogP contribution in [0, 0.1) is 0 Å². The van der Waals surface area contributed by atoms with Crippen LogP contribution in [0.5, 0.6) is 0 Å². The van der Waals surface area contributed by atoms with Gasteiger partial charge in [0.2, 0.25) is 0 Å². The third-order valence-corrected chi connectivity index (χ3v) is 4.04. The third kappa shape index (κ3) is 2.83. The fourth-order valence-corrected chi connectivity index (χ4v) is 2.08. The van der Waals surface area contributed by atoms with Gasteiger partial charge >= 0.3 is 0 Å². The molecule has 4 nitrogen and oxygen atoms in total. The van der Waals surface area contributed by atoms with Gasteiger partial charge in [-0.25, -0.2) is 4.98 Å². The SMILES string of the molecule is CC(O)C(C)Sc1nc[nH]c(=O)c1Br. The van der Waals surface area contributed by atoms with E-state index in [0.717, 1.165) is 0 Å². The van der Waals surface area contributed by atoms with Crippen molar-refractivity contribution in [3.05, 3.63) is 21.2 Å². The van der Waals surface area contributed by atoms with Crippen LogP contribution in [0.2, 0.25) is 0 Å². The molecule has 0 aliphatic rings. The predicted molar refractivity (Wildman–Crippen MR) is 59.6 cm³/mol. The van der Waals surface area contributed by atoms with Gasteiger partial charge in [0.1, 0.15) is 9.50 Å². The smallest absolute Gasteiger partial charge is 0.266 e. The van der Waals surface area contributed by atoms with Gasteiger partial charge in [0.15, 0.2) is 0 Å². The first kappa shape index (κ1) is 11.7. The summed E-state index contributed by atoms with van der Waals surface area (Å²) in [4.78, 5) is 17.6. The van der Waals surface area contributed by atoms with E-state index < -0.39 is 6.10 Å². The lowest BCUT2D eigenvalue weighted by atomic mass is 10.3. The summed E-state index contributed by atoms with van der Waals surface area (Å²) in [6, 6.07) is 0. The van der Waals surface area contributed by atoms with E-state index >= 15 is 0 Å². The summed E-state index contributed by atoms with van der Waals surface area (Å²) in [6.07, 6.45) is 0.914. The first-order valence-electron chi connectivity index (χ1n) is 4.10. The Hall–Kier alpha value is -0.330. The molecular weight excluding hydrogens is 268 g/mol. The maximum Gasteiger partial charge on any atom is 0.266 e. The van der Waals surface area contributed by atoms with Crippen LogP contribution in [0.15, 0.2) is 20.6 Å². The molecule has 1 aromatic heterocycles. The fourth-order valence-electron chi connectivity index (χ4n) is 0.723. The number of hydrogen-bond acceptors (Lipinski definition) is 4. The number of nitrogens with zero attached hydrogens (tertiary/aromatic N) is 1. The highest BCUT2D eigenvalue weighted by Crippen LogP contribution is 2.27. The first-order chi connectivity index (χ1) is 6.52. The molecule has 1 aromatic rings. The second kappa shape index (κ2) is 4.95. The first-order valence-corrected chi connectivity index (χ1v) is 5.77. The Labute approximate surface area is 94.3 Å². The molecule has 0 aliphatic heterocycles. The minimum Gasteiger partial charge on any atom is -0.392 e. The quantitative estimate of drug-likeness (QED) is 0.648. The molecule has 2 N–H and O–H groups in total. The molecule has 78 valence electrons. The molecule has 0 aliphatic carbocycles. The summed E-state index contributed by atoms with van der Waals surface area (Å²) >= 11 is 4.51. The largest absolute Gasteiger partial charge is 0.392 e. The molecule has 0 aromatic carbocycles. The summed E-state index contributed by atoms with van der Waals surface area (Å²) in [6.45, 7) is 3.59. The van der Waals surface area contributed by atoms with Crippen molar-refractivity contribution in [2.24, 2.45) is 0 Å². The van der Waals surface area contributed by atoms with Crippen molar-refractivity contribution in [1.82, 2.24) is 9.97 Å². The normalized spacial score (nSPS) is 15.1. The van der Waals surface area contributed by atoms with E-state index in [1.54, 1.807) is 6.92 Å². The van der Waals surface area contributed by atoms with Crippen molar-refractivity contribution >= 4 is 27.7 Å². The second-order valence-electron chi connectivity index (χ2n) is 2.91. The average Bonchev–Trinajstić information content (AvgIpc) is 2.12. The number of H-pyrrole nitrogens is 1. The van der Waals surface area contributed by atoms with Crippen molar-refractivity contribution in [3.8, 4) is 0 Å². The highest BCUT2D eigenvalue weighted by Gasteiger charge is 2.14. The van der Waals surface area contributed by atoms with Crippen molar-refractivity contribution in [2.75, 3.05) is 0 Å². The number of halogens is 1. The van der Waals surface area contributed by atoms with Gasteiger partial charge in [0.05, 0.1) is 12.4 Å². The molecule has 14 heavy (non-hydrogen) atoms. The Morgan fingerprint density at radius 3 is 2.86 bits per heavy atom. The van der Waals surface area contributed by atoms with Crippen molar-refractivity contribution < 1.29 is 5.11 Å². The summed E-state index contributed by atoms with van der Waals surface area (Å²) in [5.41, 5.74) is -0.208. The molecule has 0 spiro atoms. The number of aliphatic hydroxyl groups excluding tert-OH is 1. The van der Waals surface area contributed by atoms with Crippen LogP contribution in [0.25, 0.3) is 0 Å². The van der Waals surface area contributed by atoms with E-state index in [1.165, 1.54) is 18.1 Å². The Balaban J connectivity index is 2.87. The zero-order valence-corrected chi connectivity index (χ0v) is 10.2. The van der Waals surface area contributed by atoms with E-state index in [-0.39, 0.29) is 10.8 Å². The highest BCUT2D eigenvalue weighted by atomic mass is 79.9. The van der Waals surface area contributed by atoms with Crippen molar-refractivity contribution in [2.45, 2.75) is 30.2 Å². The van der Waals surface area contributed by atoms with Crippen LogP contribution in [0.3, 0.4) is 0 Å². The second-order valence-corrected chi connectivity index (χ2v) is 5.07. The topological polar surface area (TPSA) is 66.0 Å². The third-order valence-electron chi connectivity index (χ3n) is 1.74. The van der Waals surface area contributed by atoms with Crippen LogP contribution in [-0.4, -0.2) is 26.4 Å². The lowest BCUT2D eigenvalue weighted by Crippen LogP contribution is -2.16. The van der Waals surface area contributed by atoms with E-state index in [1.807, 2.05) is 6.92 Å². The molecular formula is C8H11BrN2O2S. The molecule has 0 fully saturated rings. The molecule has 1 heterocycles. The Morgan fingerprint density at radius 2 is 2.29 bits per heavy atom. The molecule has 2 atom stereocenters. The number of hydrogen-bond donors (Lipinski definition) is 2. The van der Waals surface area contributed by atoms with E-state index in [0.29, 0.717) is 9.50 Å². The Kier molecular flexibility index (Phi) is 4.15. The molecule has 0 bridgehead atoms. The number of rotatable bonds is 3. The number of nitrogens with one attached hydrogen (secondary N) is 1. The molecule has 2 unspecified atom stereocenters. The Morgan fingerprint density at radius 1 is 1.64 bits per heavy atom. The minimum absolute atomic E-state index is 0.000556. The van der Waals surface area contributed by atoms with Gasteiger partial charge in [-0.15, -0.1) is 0 Å². The number of aromatic nitrogens is 2. The zero-order valence-electron chi connectivity index (χ0n) is 7.82. The monoisotopic (exact) mass is 278 g/mol. The lowest BCUT2D eigenvalue weighted by molar-refractivity contribution is 0.196. The fraction of sp³-hybridized carbons (Fsp3) is 0.500. The van der Waals surface area contributed by atoms with Crippen LogP contribution < -0.4 is 5.56 Å². The summed E-state index contributed by atoms with van der Waals surface area (Å²) in [5, 5.41) is 9.89. The molecule has 0 saturated carbocycles. The Bertz CT molecular complexity index is 367. The van der Waals surface area contributed by atoms with Gasteiger partial charge in [-0.05, 0) is 22.9 Å². The minimum atomic E-state index is -0.437. The molecule has 6 heteroatoms. The molecule has 0 radical (unpaired) electrons. The van der Waals surface area contributed by atoms with Gasteiger partial charge < -0.3 is 10.1 Å². The van der Waals surface area contributed by atoms with Gasteiger partial charge in [0.25, 0.3) is 5.56 Å². The van der Waals surface area contributed by atoms with E-state index in [2.05, 4.69) is 25.9 Å². The lowest BCUT2D eigenvalue weighted by Gasteiger charge is -2.13. The van der Waals surface area contributed by atoms with E-state index in [9.17, 15) is 9.90 Å². The number of aliphatic hydroxyl groups is 1. The maximum atomic E-state index is 11.2. The molecule has 0 amide bonds. The van der Waals surface area contributed by atoms with Gasteiger partial charge in [-0.2, -0.15) is 0 Å². The van der Waals surface area contributed by atoms with Crippen LogP contribution in [0.1, 0.15) is 13.8 Å². The number of thioether (sulfide) groups is 1. The number of aromatic amines is 1. The summed E-state index contributed by atoms with van der Waals surface area (Å²) < 4.78 is 0.414. The zero-order chi connectivity index (χ0) is 10.7. The van der Waals surface area contributed by atoms with Gasteiger partial charge in [-0.3, -0.25) is 4.79 Å². The van der Waals surface area contributed by atoms with Crippen molar-refractivity contribution in [1.29, 1.82) is 0 Å². The van der Waals surface area contributed by atoms with Crippen LogP contribution in [0.4, 0.5) is 0 Å². The van der Waals surface area contributed by atoms with Crippen LogP contribution in [-0.2, 0) is 0 Å².